The summed E-state index contributed by atoms with van der Waals surface area (Å²) in [6, 6.07) is 7.70. The minimum absolute atomic E-state index is 0.242. The van der Waals surface area contributed by atoms with E-state index in [0.717, 1.165) is 26.2 Å². The van der Waals surface area contributed by atoms with Crippen molar-refractivity contribution in [3.05, 3.63) is 29.8 Å². The molecule has 0 aromatic heterocycles. The van der Waals surface area contributed by atoms with Crippen LogP contribution in [0.4, 0.5) is 8.78 Å². The summed E-state index contributed by atoms with van der Waals surface area (Å²) in [4.78, 5) is 2.56. The standard InChI is InChI=1S/C18H26F2N2O/c19-18(20)23-16-8-6-15(7-9-16)17(14-4-2-1-3-5-14)22-12-10-21-11-13-22/h6-9,14,17-18,21H,1-5,10-13H2/t17-/m0/s1. The SMILES string of the molecule is FC(F)Oc1ccc([C@H](C2CCCCC2)N2CCNCC2)cc1. The van der Waals surface area contributed by atoms with Gasteiger partial charge in [-0.1, -0.05) is 31.4 Å². The van der Waals surface area contributed by atoms with Crippen molar-refractivity contribution in [1.82, 2.24) is 10.2 Å². The highest BCUT2D eigenvalue weighted by atomic mass is 19.3. The molecule has 5 heteroatoms. The topological polar surface area (TPSA) is 24.5 Å². The molecule has 1 aromatic carbocycles. The molecular weight excluding hydrogens is 298 g/mol. The number of hydrogen-bond donors (Lipinski definition) is 1. The number of hydrogen-bond acceptors (Lipinski definition) is 3. The van der Waals surface area contributed by atoms with Gasteiger partial charge >= 0.3 is 6.61 Å². The summed E-state index contributed by atoms with van der Waals surface area (Å²) < 4.78 is 29.1. The quantitative estimate of drug-likeness (QED) is 0.891. The normalized spacial score (nSPS) is 22.2. The summed E-state index contributed by atoms with van der Waals surface area (Å²) in [5.74, 6) is 0.912. The van der Waals surface area contributed by atoms with Gasteiger partial charge in [0.2, 0.25) is 0 Å². The summed E-state index contributed by atoms with van der Waals surface area (Å²) in [5, 5.41) is 3.41. The first-order valence-electron chi connectivity index (χ1n) is 8.73. The minimum Gasteiger partial charge on any atom is -0.435 e. The van der Waals surface area contributed by atoms with Crippen LogP contribution in [0.1, 0.15) is 43.7 Å². The van der Waals surface area contributed by atoms with Gasteiger partial charge in [0.05, 0.1) is 0 Å². The molecule has 3 rings (SSSR count). The smallest absolute Gasteiger partial charge is 0.387 e. The molecule has 1 saturated heterocycles. The van der Waals surface area contributed by atoms with Crippen molar-refractivity contribution in [3.8, 4) is 5.75 Å². The van der Waals surface area contributed by atoms with E-state index in [2.05, 4.69) is 15.0 Å². The highest BCUT2D eigenvalue weighted by molar-refractivity contribution is 5.30. The molecule has 1 heterocycles. The second-order valence-corrected chi connectivity index (χ2v) is 6.58. The molecule has 0 spiro atoms. The predicted molar refractivity (Wildman–Crippen MR) is 86.8 cm³/mol. The molecule has 1 N–H and O–H groups in total. The predicted octanol–water partition coefficient (Wildman–Crippen LogP) is 3.81. The Hall–Kier alpha value is -1.20. The number of benzene rings is 1. The van der Waals surface area contributed by atoms with Crippen molar-refractivity contribution < 1.29 is 13.5 Å². The van der Waals surface area contributed by atoms with Gasteiger partial charge in [0, 0.05) is 32.2 Å². The first kappa shape index (κ1) is 16.7. The van der Waals surface area contributed by atoms with E-state index in [1.165, 1.54) is 37.7 Å². The van der Waals surface area contributed by atoms with Crippen molar-refractivity contribution in [2.45, 2.75) is 44.8 Å². The summed E-state index contributed by atoms with van der Waals surface area (Å²) in [6.07, 6.45) is 6.49. The lowest BCUT2D eigenvalue weighted by Gasteiger charge is -2.41. The van der Waals surface area contributed by atoms with E-state index in [4.69, 9.17) is 0 Å². The second kappa shape index (κ2) is 8.06. The van der Waals surface area contributed by atoms with Gasteiger partial charge in [-0.05, 0) is 36.5 Å². The highest BCUT2D eigenvalue weighted by Gasteiger charge is 2.30. The summed E-state index contributed by atoms with van der Waals surface area (Å²) >= 11 is 0. The monoisotopic (exact) mass is 324 g/mol. The zero-order chi connectivity index (χ0) is 16.1. The molecule has 0 unspecified atom stereocenters. The van der Waals surface area contributed by atoms with Crippen LogP contribution in [0.3, 0.4) is 0 Å². The molecule has 2 fully saturated rings. The third-order valence-corrected chi connectivity index (χ3v) is 5.09. The molecule has 128 valence electrons. The number of rotatable bonds is 5. The Morgan fingerprint density at radius 1 is 1.00 bits per heavy atom. The van der Waals surface area contributed by atoms with Crippen LogP contribution >= 0.6 is 0 Å². The Kier molecular flexibility index (Phi) is 5.84. The average Bonchev–Trinajstić information content (AvgIpc) is 2.58. The fraction of sp³-hybridized carbons (Fsp3) is 0.667. The van der Waals surface area contributed by atoms with Crippen LogP contribution in [0.15, 0.2) is 24.3 Å². The maximum Gasteiger partial charge on any atom is 0.387 e. The van der Waals surface area contributed by atoms with Gasteiger partial charge in [0.1, 0.15) is 5.75 Å². The number of alkyl halides is 2. The lowest BCUT2D eigenvalue weighted by atomic mass is 9.80. The third kappa shape index (κ3) is 4.42. The van der Waals surface area contributed by atoms with Crippen molar-refractivity contribution in [2.24, 2.45) is 5.92 Å². The van der Waals surface area contributed by atoms with E-state index in [1.54, 1.807) is 12.1 Å². The molecule has 1 aliphatic heterocycles. The van der Waals surface area contributed by atoms with Crippen LogP contribution in [-0.2, 0) is 0 Å². The van der Waals surface area contributed by atoms with E-state index in [9.17, 15) is 8.78 Å². The Morgan fingerprint density at radius 3 is 2.26 bits per heavy atom. The Morgan fingerprint density at radius 2 is 1.65 bits per heavy atom. The largest absolute Gasteiger partial charge is 0.435 e. The van der Waals surface area contributed by atoms with Crippen LogP contribution in [-0.4, -0.2) is 37.7 Å². The van der Waals surface area contributed by atoms with Gasteiger partial charge in [-0.3, -0.25) is 4.90 Å². The molecule has 0 radical (unpaired) electrons. The molecule has 1 atom stereocenters. The lowest BCUT2D eigenvalue weighted by molar-refractivity contribution is -0.0498. The Balaban J connectivity index is 1.78. The van der Waals surface area contributed by atoms with Crippen molar-refractivity contribution in [2.75, 3.05) is 26.2 Å². The van der Waals surface area contributed by atoms with E-state index in [0.29, 0.717) is 12.0 Å². The van der Waals surface area contributed by atoms with Gasteiger partial charge in [0.25, 0.3) is 0 Å². The molecule has 3 nitrogen and oxygen atoms in total. The van der Waals surface area contributed by atoms with Crippen LogP contribution < -0.4 is 10.1 Å². The first-order valence-corrected chi connectivity index (χ1v) is 8.73. The van der Waals surface area contributed by atoms with Crippen molar-refractivity contribution >= 4 is 0 Å². The zero-order valence-corrected chi connectivity index (χ0v) is 13.5. The highest BCUT2D eigenvalue weighted by Crippen LogP contribution is 2.39. The maximum absolute atomic E-state index is 12.3. The molecule has 1 aliphatic carbocycles. The lowest BCUT2D eigenvalue weighted by Crippen LogP contribution is -2.47. The van der Waals surface area contributed by atoms with Gasteiger partial charge in [-0.2, -0.15) is 8.78 Å². The van der Waals surface area contributed by atoms with E-state index >= 15 is 0 Å². The zero-order valence-electron chi connectivity index (χ0n) is 13.5. The second-order valence-electron chi connectivity index (χ2n) is 6.58. The van der Waals surface area contributed by atoms with Crippen LogP contribution in [0.2, 0.25) is 0 Å². The molecule has 23 heavy (non-hydrogen) atoms. The van der Waals surface area contributed by atoms with Gasteiger partial charge in [-0.15, -0.1) is 0 Å². The Bertz CT molecular complexity index is 450. The maximum atomic E-state index is 12.3. The molecule has 1 aromatic rings. The average molecular weight is 324 g/mol. The fourth-order valence-electron chi connectivity index (χ4n) is 4.04. The number of halogens is 2. The van der Waals surface area contributed by atoms with Crippen molar-refractivity contribution in [3.63, 3.8) is 0 Å². The van der Waals surface area contributed by atoms with E-state index in [1.807, 2.05) is 12.1 Å². The number of nitrogens with one attached hydrogen (secondary N) is 1. The van der Waals surface area contributed by atoms with Gasteiger partial charge < -0.3 is 10.1 Å². The molecule has 0 amide bonds. The molecule has 0 bridgehead atoms. The fourth-order valence-corrected chi connectivity index (χ4v) is 4.04. The Labute approximate surface area is 137 Å². The molecule has 2 aliphatic rings. The van der Waals surface area contributed by atoms with Gasteiger partial charge in [-0.25, -0.2) is 0 Å². The number of nitrogens with zero attached hydrogens (tertiary/aromatic N) is 1. The van der Waals surface area contributed by atoms with Gasteiger partial charge in [0.15, 0.2) is 0 Å². The minimum atomic E-state index is -2.76. The summed E-state index contributed by atoms with van der Waals surface area (Å²) in [7, 11) is 0. The van der Waals surface area contributed by atoms with Crippen molar-refractivity contribution in [1.29, 1.82) is 0 Å². The van der Waals surface area contributed by atoms with E-state index < -0.39 is 6.61 Å². The molecular formula is C18H26F2N2O. The van der Waals surface area contributed by atoms with Crippen LogP contribution in [0.5, 0.6) is 5.75 Å². The first-order chi connectivity index (χ1) is 11.2. The molecule has 1 saturated carbocycles. The number of ether oxygens (including phenoxy) is 1. The van der Waals surface area contributed by atoms with Crippen LogP contribution in [0.25, 0.3) is 0 Å². The summed E-state index contributed by atoms with van der Waals surface area (Å²) in [5.41, 5.74) is 1.24. The third-order valence-electron chi connectivity index (χ3n) is 5.09. The number of piperazine rings is 1. The van der Waals surface area contributed by atoms with E-state index in [-0.39, 0.29) is 5.75 Å². The van der Waals surface area contributed by atoms with Crippen LogP contribution in [0, 0.1) is 5.92 Å². The summed E-state index contributed by atoms with van der Waals surface area (Å²) in [6.45, 7) is 1.39.